The van der Waals surface area contributed by atoms with Crippen molar-refractivity contribution < 1.29 is 51.8 Å². The second kappa shape index (κ2) is 33.1. The molecule has 54 heavy (non-hydrogen) atoms. The highest BCUT2D eigenvalue weighted by atomic mass is 32.3. The maximum Gasteiger partial charge on any atom is 0.397 e. The Morgan fingerprint density at radius 3 is 1.48 bits per heavy atom. The number of carbonyl (C=O) groups is 1. The summed E-state index contributed by atoms with van der Waals surface area (Å²) in [6.45, 7) is 3.43. The Morgan fingerprint density at radius 2 is 1.07 bits per heavy atom. The summed E-state index contributed by atoms with van der Waals surface area (Å²) in [4.78, 5) is 13.0. The van der Waals surface area contributed by atoms with Crippen LogP contribution in [0.15, 0.2) is 0 Å². The lowest BCUT2D eigenvalue weighted by Gasteiger charge is -2.41. The first-order valence-electron chi connectivity index (χ1n) is 21.9. The number of unbranched alkanes of at least 4 members (excludes halogenated alkanes) is 25. The van der Waals surface area contributed by atoms with E-state index in [1.807, 2.05) is 0 Å². The third-order valence-electron chi connectivity index (χ3n) is 10.7. The molecule has 0 aromatic carbocycles. The van der Waals surface area contributed by atoms with E-state index in [-0.39, 0.29) is 12.5 Å². The zero-order valence-corrected chi connectivity index (χ0v) is 34.9. The van der Waals surface area contributed by atoms with Crippen LogP contribution in [-0.2, 0) is 28.9 Å². The van der Waals surface area contributed by atoms with Gasteiger partial charge in [-0.15, -0.1) is 0 Å². The molecule has 1 aliphatic heterocycles. The minimum Gasteiger partial charge on any atom is -0.394 e. The highest BCUT2D eigenvalue weighted by Crippen LogP contribution is 2.26. The van der Waals surface area contributed by atoms with Crippen LogP contribution >= 0.6 is 0 Å². The number of aliphatic hydroxyl groups excluding tert-OH is 4. The van der Waals surface area contributed by atoms with Gasteiger partial charge < -0.3 is 35.2 Å². The molecule has 13 heteroatoms. The number of hydrogen-bond acceptors (Lipinski definition) is 10. The van der Waals surface area contributed by atoms with Gasteiger partial charge in [0.1, 0.15) is 24.4 Å². The Hall–Kier alpha value is -0.900. The van der Waals surface area contributed by atoms with Gasteiger partial charge in [0, 0.05) is 6.42 Å². The van der Waals surface area contributed by atoms with Crippen molar-refractivity contribution >= 4 is 16.3 Å². The minimum atomic E-state index is -5.07. The highest BCUT2D eigenvalue weighted by molar-refractivity contribution is 7.80. The van der Waals surface area contributed by atoms with E-state index in [9.17, 15) is 33.6 Å². The predicted molar refractivity (Wildman–Crippen MR) is 213 cm³/mol. The molecule has 7 unspecified atom stereocenters. The van der Waals surface area contributed by atoms with Gasteiger partial charge in [-0.25, -0.2) is 4.18 Å². The summed E-state index contributed by atoms with van der Waals surface area (Å²) in [7, 11) is -5.07. The fraction of sp³-hybridized carbons (Fsp3) is 0.976. The van der Waals surface area contributed by atoms with Crippen LogP contribution in [0.5, 0.6) is 0 Å². The molecule has 1 fully saturated rings. The molecular formula is C41H81NO11S. The normalized spacial score (nSPS) is 21.6. The van der Waals surface area contributed by atoms with Crippen molar-refractivity contribution in [2.75, 3.05) is 13.2 Å². The number of aliphatic hydroxyl groups is 4. The van der Waals surface area contributed by atoms with Gasteiger partial charge in [-0.1, -0.05) is 181 Å². The Morgan fingerprint density at radius 1 is 0.667 bits per heavy atom. The lowest BCUT2D eigenvalue weighted by atomic mass is 9.99. The number of nitrogens with one attached hydrogen (secondary N) is 1. The summed E-state index contributed by atoms with van der Waals surface area (Å²) in [5.41, 5.74) is 0. The van der Waals surface area contributed by atoms with Crippen LogP contribution in [0.3, 0.4) is 0 Å². The Balaban J connectivity index is 2.50. The van der Waals surface area contributed by atoms with Gasteiger partial charge in [-0.2, -0.15) is 8.42 Å². The molecule has 12 nitrogen and oxygen atoms in total. The summed E-state index contributed by atoms with van der Waals surface area (Å²) < 4.78 is 47.5. The van der Waals surface area contributed by atoms with Gasteiger partial charge in [-0.05, 0) is 12.8 Å². The molecule has 1 saturated heterocycles. The number of amides is 1. The van der Waals surface area contributed by atoms with E-state index in [1.54, 1.807) is 0 Å². The average molecular weight is 796 g/mol. The van der Waals surface area contributed by atoms with Crippen LogP contribution in [0.1, 0.15) is 200 Å². The molecular weight excluding hydrogens is 715 g/mol. The molecule has 1 heterocycles. The van der Waals surface area contributed by atoms with Crippen LogP contribution in [0.2, 0.25) is 0 Å². The first kappa shape index (κ1) is 51.1. The van der Waals surface area contributed by atoms with Crippen molar-refractivity contribution in [1.82, 2.24) is 5.32 Å². The summed E-state index contributed by atoms with van der Waals surface area (Å²) in [6, 6.07) is -0.849. The Labute approximate surface area is 328 Å². The quantitative estimate of drug-likeness (QED) is 0.0265. The molecule has 7 atom stereocenters. The zero-order valence-electron chi connectivity index (χ0n) is 34.1. The first-order valence-corrected chi connectivity index (χ1v) is 23.3. The maximum absolute atomic E-state index is 13.0. The van der Waals surface area contributed by atoms with Crippen LogP contribution in [0.25, 0.3) is 0 Å². The molecule has 1 aliphatic rings. The van der Waals surface area contributed by atoms with Gasteiger partial charge in [0.15, 0.2) is 6.29 Å². The molecule has 1 rings (SSSR count). The first-order chi connectivity index (χ1) is 26.0. The van der Waals surface area contributed by atoms with Gasteiger partial charge in [-0.3, -0.25) is 9.35 Å². The van der Waals surface area contributed by atoms with Crippen LogP contribution in [0.4, 0.5) is 0 Å². The van der Waals surface area contributed by atoms with Crippen LogP contribution in [-0.4, -0.2) is 95.4 Å². The van der Waals surface area contributed by atoms with Crippen molar-refractivity contribution in [3.8, 4) is 0 Å². The van der Waals surface area contributed by atoms with Gasteiger partial charge in [0.25, 0.3) is 0 Å². The molecule has 0 aromatic rings. The lowest BCUT2D eigenvalue weighted by molar-refractivity contribution is -0.298. The summed E-state index contributed by atoms with van der Waals surface area (Å²) in [5, 5.41) is 44.7. The van der Waals surface area contributed by atoms with Crippen molar-refractivity contribution in [2.45, 2.75) is 243 Å². The third kappa shape index (κ3) is 26.1. The van der Waals surface area contributed by atoms with Crippen LogP contribution in [0, 0.1) is 0 Å². The van der Waals surface area contributed by atoms with E-state index in [0.717, 1.165) is 51.4 Å². The summed E-state index contributed by atoms with van der Waals surface area (Å²) >= 11 is 0. The van der Waals surface area contributed by atoms with Gasteiger partial charge >= 0.3 is 10.4 Å². The van der Waals surface area contributed by atoms with Crippen molar-refractivity contribution in [2.24, 2.45) is 0 Å². The van der Waals surface area contributed by atoms with Gasteiger partial charge in [0.05, 0.1) is 25.4 Å². The smallest absolute Gasteiger partial charge is 0.394 e. The predicted octanol–water partition coefficient (Wildman–Crippen LogP) is 7.83. The molecule has 322 valence electrons. The zero-order chi connectivity index (χ0) is 39.9. The molecule has 0 aromatic heterocycles. The molecule has 6 N–H and O–H groups in total. The summed E-state index contributed by atoms with van der Waals surface area (Å²) in [6.07, 6.45) is 23.9. The standard InChI is InChI=1S/C41H81NO11S/c1-3-5-7-9-11-13-15-16-17-18-19-21-23-25-27-29-31-37(45)42-34(35(44)30-28-26-24-22-20-14-12-10-8-6-4-2)33-51-41-39(47)40(53-54(48,49)50)38(46)36(32-43)52-41/h34-36,38-41,43-44,46-47H,3-33H2,1-2H3,(H,42,45)(H,48,49,50). The van der Waals surface area contributed by atoms with E-state index in [4.69, 9.17) is 14.0 Å². The summed E-state index contributed by atoms with van der Waals surface area (Å²) in [5.74, 6) is -0.228. The van der Waals surface area contributed by atoms with E-state index >= 15 is 0 Å². The second-order valence-electron chi connectivity index (χ2n) is 15.6. The molecule has 0 radical (unpaired) electrons. The molecule has 0 spiro atoms. The van der Waals surface area contributed by atoms with Crippen LogP contribution < -0.4 is 5.32 Å². The average Bonchev–Trinajstić information content (AvgIpc) is 3.14. The topological polar surface area (TPSA) is 192 Å². The highest BCUT2D eigenvalue weighted by Gasteiger charge is 2.48. The fourth-order valence-corrected chi connectivity index (χ4v) is 7.73. The number of rotatable bonds is 37. The van der Waals surface area contributed by atoms with E-state index < -0.39 is 59.9 Å². The van der Waals surface area contributed by atoms with Gasteiger partial charge in [0.2, 0.25) is 5.91 Å². The van der Waals surface area contributed by atoms with E-state index in [2.05, 4.69) is 23.3 Å². The number of ether oxygens (including phenoxy) is 2. The molecule has 0 saturated carbocycles. The van der Waals surface area contributed by atoms with Crippen molar-refractivity contribution in [1.29, 1.82) is 0 Å². The van der Waals surface area contributed by atoms with E-state index in [1.165, 1.54) is 122 Å². The van der Waals surface area contributed by atoms with Crippen molar-refractivity contribution in [3.63, 3.8) is 0 Å². The lowest BCUT2D eigenvalue weighted by Crippen LogP contribution is -2.61. The monoisotopic (exact) mass is 796 g/mol. The fourth-order valence-electron chi connectivity index (χ4n) is 7.22. The number of carbonyl (C=O) groups excluding carboxylic acids is 1. The SMILES string of the molecule is CCCCCCCCCCCCCCCCCCC(=O)NC(COC1OC(CO)C(O)C(OS(=O)(=O)O)C1O)C(O)CCCCCCCCCCCCC. The third-order valence-corrected chi connectivity index (χ3v) is 11.1. The minimum absolute atomic E-state index is 0.228. The molecule has 0 aliphatic carbocycles. The molecule has 1 amide bonds. The number of hydrogen-bond donors (Lipinski definition) is 6. The molecule has 0 bridgehead atoms. The van der Waals surface area contributed by atoms with E-state index in [0.29, 0.717) is 12.8 Å². The maximum atomic E-state index is 13.0. The Kier molecular flexibility index (Phi) is 31.3. The van der Waals surface area contributed by atoms with Crippen molar-refractivity contribution in [3.05, 3.63) is 0 Å². The largest absolute Gasteiger partial charge is 0.397 e. The second-order valence-corrected chi connectivity index (χ2v) is 16.7. The Bertz CT molecular complexity index is 988.